The highest BCUT2D eigenvalue weighted by molar-refractivity contribution is 9.10. The summed E-state index contributed by atoms with van der Waals surface area (Å²) in [6, 6.07) is 35.2. The lowest BCUT2D eigenvalue weighted by molar-refractivity contribution is -0.139. The molecule has 0 aliphatic rings. The second-order valence-electron chi connectivity index (χ2n) is 8.56. The Morgan fingerprint density at radius 2 is 1.31 bits per heavy atom. The highest BCUT2D eigenvalue weighted by Crippen LogP contribution is 2.38. The van der Waals surface area contributed by atoms with Gasteiger partial charge in [-0.05, 0) is 34.4 Å². The molecule has 1 unspecified atom stereocenters. The Balaban J connectivity index is 1.68. The summed E-state index contributed by atoms with van der Waals surface area (Å²) in [6.45, 7) is 0. The van der Waals surface area contributed by atoms with E-state index in [1.54, 1.807) is 0 Å². The van der Waals surface area contributed by atoms with E-state index in [4.69, 9.17) is 0 Å². The lowest BCUT2D eigenvalue weighted by Gasteiger charge is -2.39. The second kappa shape index (κ2) is 9.90. The van der Waals surface area contributed by atoms with Gasteiger partial charge in [0, 0.05) is 28.0 Å². The Hall–Kier alpha value is -3.67. The number of nitrogens with one attached hydrogen (secondary N) is 2. The number of rotatable bonds is 8. The molecule has 5 rings (SSSR count). The minimum Gasteiger partial charge on any atom is -0.480 e. The van der Waals surface area contributed by atoms with Crippen LogP contribution in [0.1, 0.15) is 22.3 Å². The number of hydrogen-bond acceptors (Lipinski definition) is 2. The highest BCUT2D eigenvalue weighted by atomic mass is 79.9. The molecule has 3 N–H and O–H groups in total. The van der Waals surface area contributed by atoms with E-state index in [9.17, 15) is 9.90 Å². The predicted molar refractivity (Wildman–Crippen MR) is 143 cm³/mol. The molecule has 0 amide bonds. The van der Waals surface area contributed by atoms with Crippen molar-refractivity contribution < 1.29 is 9.90 Å². The SMILES string of the molecule is O=C(O)C(Cc1c[nH]c2cccc(Br)c12)NC(c1ccccc1)(c1ccccc1)c1ccccc1. The summed E-state index contributed by atoms with van der Waals surface area (Å²) in [5.74, 6) is -0.904. The number of H-pyrrole nitrogens is 1. The van der Waals surface area contributed by atoms with Crippen LogP contribution in [0.25, 0.3) is 10.9 Å². The van der Waals surface area contributed by atoms with E-state index in [2.05, 4.69) is 26.2 Å². The normalized spacial score (nSPS) is 12.5. The zero-order chi connectivity index (χ0) is 24.3. The number of hydrogen-bond donors (Lipinski definition) is 3. The number of benzene rings is 4. The zero-order valence-electron chi connectivity index (χ0n) is 19.0. The van der Waals surface area contributed by atoms with Crippen molar-refractivity contribution in [2.24, 2.45) is 0 Å². The van der Waals surface area contributed by atoms with E-state index in [1.165, 1.54) is 0 Å². The minimum atomic E-state index is -0.904. The summed E-state index contributed by atoms with van der Waals surface area (Å²) in [4.78, 5) is 16.0. The van der Waals surface area contributed by atoms with Gasteiger partial charge in [0.15, 0.2) is 0 Å². The Labute approximate surface area is 212 Å². The van der Waals surface area contributed by atoms with Crippen molar-refractivity contribution >= 4 is 32.8 Å². The van der Waals surface area contributed by atoms with Crippen molar-refractivity contribution in [3.05, 3.63) is 142 Å². The third kappa shape index (κ3) is 4.41. The van der Waals surface area contributed by atoms with Gasteiger partial charge in [-0.25, -0.2) is 0 Å². The highest BCUT2D eigenvalue weighted by Gasteiger charge is 2.40. The standard InChI is InChI=1S/C30H25BrN2O2/c31-25-17-10-18-26-28(25)21(20-32-26)19-27(29(34)35)33-30(22-11-4-1-5-12-22,23-13-6-2-7-14-23)24-15-8-3-9-16-24/h1-18,20,27,32-33H,19H2,(H,34,35). The fourth-order valence-corrected chi connectivity index (χ4v) is 5.49. The predicted octanol–water partition coefficient (Wildman–Crippen LogP) is 6.51. The van der Waals surface area contributed by atoms with Crippen LogP contribution in [0.4, 0.5) is 0 Å². The first-order valence-electron chi connectivity index (χ1n) is 11.5. The fourth-order valence-electron chi connectivity index (χ4n) is 4.86. The van der Waals surface area contributed by atoms with Gasteiger partial charge >= 0.3 is 5.97 Å². The summed E-state index contributed by atoms with van der Waals surface area (Å²) < 4.78 is 0.941. The quantitative estimate of drug-likeness (QED) is 0.203. The first-order valence-corrected chi connectivity index (χ1v) is 12.3. The van der Waals surface area contributed by atoms with Crippen molar-refractivity contribution in [3.8, 4) is 0 Å². The van der Waals surface area contributed by atoms with Gasteiger partial charge in [-0.2, -0.15) is 0 Å². The van der Waals surface area contributed by atoms with Crippen molar-refractivity contribution in [1.29, 1.82) is 0 Å². The average molecular weight is 525 g/mol. The van der Waals surface area contributed by atoms with E-state index in [-0.39, 0.29) is 0 Å². The molecule has 4 aromatic carbocycles. The molecule has 0 saturated heterocycles. The maximum atomic E-state index is 12.7. The minimum absolute atomic E-state index is 0.312. The van der Waals surface area contributed by atoms with Crippen molar-refractivity contribution in [2.75, 3.05) is 0 Å². The molecule has 5 aromatic rings. The number of carbonyl (C=O) groups is 1. The first-order chi connectivity index (χ1) is 17.1. The lowest BCUT2D eigenvalue weighted by atomic mass is 9.76. The summed E-state index contributed by atoms with van der Waals surface area (Å²) in [7, 11) is 0. The van der Waals surface area contributed by atoms with Gasteiger partial charge in [-0.15, -0.1) is 0 Å². The van der Waals surface area contributed by atoms with Crippen LogP contribution in [0, 0.1) is 0 Å². The smallest absolute Gasteiger partial charge is 0.321 e. The third-order valence-electron chi connectivity index (χ3n) is 6.47. The number of aliphatic carboxylic acids is 1. The maximum absolute atomic E-state index is 12.7. The Morgan fingerprint density at radius 1 is 0.800 bits per heavy atom. The van der Waals surface area contributed by atoms with Crippen LogP contribution < -0.4 is 5.32 Å². The number of carboxylic acid groups (broad SMARTS) is 1. The van der Waals surface area contributed by atoms with Crippen LogP contribution >= 0.6 is 15.9 Å². The summed E-state index contributed by atoms with van der Waals surface area (Å²) in [6.07, 6.45) is 2.22. The number of halogens is 1. The van der Waals surface area contributed by atoms with E-state index < -0.39 is 17.6 Å². The second-order valence-corrected chi connectivity index (χ2v) is 9.42. The van der Waals surface area contributed by atoms with Gasteiger partial charge < -0.3 is 10.1 Å². The van der Waals surface area contributed by atoms with Gasteiger partial charge in [0.05, 0.1) is 5.54 Å². The number of aromatic amines is 1. The number of fused-ring (bicyclic) bond motifs is 1. The van der Waals surface area contributed by atoms with Crippen molar-refractivity contribution in [2.45, 2.75) is 18.0 Å². The molecule has 0 aliphatic heterocycles. The van der Waals surface area contributed by atoms with Crippen LogP contribution in [0.5, 0.6) is 0 Å². The van der Waals surface area contributed by atoms with Gasteiger partial charge in [0.1, 0.15) is 6.04 Å². The van der Waals surface area contributed by atoms with E-state index in [1.807, 2.05) is 115 Å². The molecule has 5 heteroatoms. The fraction of sp³-hybridized carbons (Fsp3) is 0.100. The monoisotopic (exact) mass is 524 g/mol. The Kier molecular flexibility index (Phi) is 6.53. The van der Waals surface area contributed by atoms with Gasteiger partial charge in [-0.1, -0.05) is 113 Å². The average Bonchev–Trinajstić information content (AvgIpc) is 3.32. The van der Waals surface area contributed by atoms with Crippen molar-refractivity contribution in [3.63, 3.8) is 0 Å². The van der Waals surface area contributed by atoms with Crippen LogP contribution in [0.3, 0.4) is 0 Å². The molecule has 0 spiro atoms. The lowest BCUT2D eigenvalue weighted by Crippen LogP contribution is -2.53. The van der Waals surface area contributed by atoms with Gasteiger partial charge in [-0.3, -0.25) is 10.1 Å². The number of aromatic nitrogens is 1. The Morgan fingerprint density at radius 3 is 1.80 bits per heavy atom. The van der Waals surface area contributed by atoms with Gasteiger partial charge in [0.2, 0.25) is 0 Å². The zero-order valence-corrected chi connectivity index (χ0v) is 20.6. The molecular formula is C30H25BrN2O2. The van der Waals surface area contributed by atoms with E-state index >= 15 is 0 Å². The summed E-state index contributed by atoms with van der Waals surface area (Å²) >= 11 is 3.64. The molecule has 0 aliphatic carbocycles. The van der Waals surface area contributed by atoms with Crippen LogP contribution in [-0.2, 0) is 16.8 Å². The molecule has 35 heavy (non-hydrogen) atoms. The molecule has 1 heterocycles. The molecule has 1 atom stereocenters. The summed E-state index contributed by atoms with van der Waals surface area (Å²) in [5.41, 5.74) is 3.97. The van der Waals surface area contributed by atoms with E-state index in [0.717, 1.165) is 37.6 Å². The Bertz CT molecular complexity index is 1340. The topological polar surface area (TPSA) is 65.1 Å². The maximum Gasteiger partial charge on any atom is 0.321 e. The van der Waals surface area contributed by atoms with Crippen LogP contribution in [0.15, 0.2) is 120 Å². The molecule has 1 aromatic heterocycles. The molecule has 4 nitrogen and oxygen atoms in total. The van der Waals surface area contributed by atoms with Gasteiger partial charge in [0.25, 0.3) is 0 Å². The third-order valence-corrected chi connectivity index (χ3v) is 7.13. The first kappa shape index (κ1) is 23.1. The number of carboxylic acids is 1. The molecule has 0 fully saturated rings. The van der Waals surface area contributed by atoms with E-state index in [0.29, 0.717) is 6.42 Å². The molecule has 0 saturated carbocycles. The largest absolute Gasteiger partial charge is 0.480 e. The van der Waals surface area contributed by atoms with Crippen LogP contribution in [-0.4, -0.2) is 22.1 Å². The molecule has 174 valence electrons. The van der Waals surface area contributed by atoms with Crippen molar-refractivity contribution in [1.82, 2.24) is 10.3 Å². The molecular weight excluding hydrogens is 500 g/mol. The molecule has 0 radical (unpaired) electrons. The molecule has 0 bridgehead atoms. The summed E-state index contributed by atoms with van der Waals surface area (Å²) in [5, 5.41) is 15.0. The van der Waals surface area contributed by atoms with Crippen LogP contribution in [0.2, 0.25) is 0 Å².